The Morgan fingerprint density at radius 1 is 1.29 bits per heavy atom. The van der Waals surface area contributed by atoms with Crippen molar-refractivity contribution in [2.75, 3.05) is 26.2 Å². The highest BCUT2D eigenvalue weighted by atomic mass is 35.5. The summed E-state index contributed by atoms with van der Waals surface area (Å²) in [7, 11) is 1.98. The SMILES string of the molecule is Cl.Cl.Cn1cc(CN2C[C@H]3CNC[C@H]3C2)cn1. The molecule has 2 aliphatic heterocycles. The van der Waals surface area contributed by atoms with Gasteiger partial charge in [0.05, 0.1) is 6.20 Å². The number of halogens is 2. The van der Waals surface area contributed by atoms with E-state index in [0.717, 1.165) is 18.4 Å². The Labute approximate surface area is 115 Å². The molecule has 0 unspecified atom stereocenters. The number of hydrogen-bond donors (Lipinski definition) is 1. The van der Waals surface area contributed by atoms with Crippen molar-refractivity contribution in [2.45, 2.75) is 6.54 Å². The molecule has 0 radical (unpaired) electrons. The van der Waals surface area contributed by atoms with Crippen molar-refractivity contribution in [3.05, 3.63) is 18.0 Å². The number of fused-ring (bicyclic) bond motifs is 1. The van der Waals surface area contributed by atoms with E-state index in [0.29, 0.717) is 0 Å². The second-order valence-electron chi connectivity index (χ2n) is 4.89. The van der Waals surface area contributed by atoms with Gasteiger partial charge in [0.2, 0.25) is 0 Å². The van der Waals surface area contributed by atoms with Gasteiger partial charge in [-0.1, -0.05) is 0 Å². The lowest BCUT2D eigenvalue weighted by Gasteiger charge is -2.15. The van der Waals surface area contributed by atoms with Crippen LogP contribution >= 0.6 is 24.8 Å². The topological polar surface area (TPSA) is 33.1 Å². The molecule has 1 aromatic rings. The molecular formula is C11H20Cl2N4. The minimum atomic E-state index is 0. The minimum absolute atomic E-state index is 0. The zero-order chi connectivity index (χ0) is 10.3. The zero-order valence-corrected chi connectivity index (χ0v) is 11.6. The van der Waals surface area contributed by atoms with Gasteiger partial charge in [-0.2, -0.15) is 5.10 Å². The fourth-order valence-corrected chi connectivity index (χ4v) is 2.89. The summed E-state index contributed by atoms with van der Waals surface area (Å²) in [5.41, 5.74) is 1.34. The molecule has 17 heavy (non-hydrogen) atoms. The van der Waals surface area contributed by atoms with E-state index >= 15 is 0 Å². The fraction of sp³-hybridized carbons (Fsp3) is 0.727. The Kier molecular flexibility index (Phi) is 5.25. The quantitative estimate of drug-likeness (QED) is 0.873. The maximum absolute atomic E-state index is 4.21. The second-order valence-corrected chi connectivity index (χ2v) is 4.89. The van der Waals surface area contributed by atoms with Gasteiger partial charge in [-0.3, -0.25) is 9.58 Å². The van der Waals surface area contributed by atoms with Crippen molar-refractivity contribution < 1.29 is 0 Å². The number of aryl methyl sites for hydroxylation is 1. The Bertz CT molecular complexity index is 343. The first-order valence-electron chi connectivity index (χ1n) is 5.72. The molecule has 2 aliphatic rings. The third-order valence-corrected chi connectivity index (χ3v) is 3.63. The van der Waals surface area contributed by atoms with E-state index in [4.69, 9.17) is 0 Å². The molecule has 2 fully saturated rings. The summed E-state index contributed by atoms with van der Waals surface area (Å²) in [5, 5.41) is 7.68. The van der Waals surface area contributed by atoms with Crippen LogP contribution in [0.1, 0.15) is 5.56 Å². The van der Waals surface area contributed by atoms with E-state index < -0.39 is 0 Å². The van der Waals surface area contributed by atoms with E-state index in [2.05, 4.69) is 21.5 Å². The number of rotatable bonds is 2. The van der Waals surface area contributed by atoms with Gasteiger partial charge in [0.1, 0.15) is 0 Å². The van der Waals surface area contributed by atoms with Gasteiger partial charge in [-0.25, -0.2) is 0 Å². The van der Waals surface area contributed by atoms with Gasteiger partial charge in [0.15, 0.2) is 0 Å². The summed E-state index contributed by atoms with van der Waals surface area (Å²) in [6.07, 6.45) is 4.10. The Morgan fingerprint density at radius 3 is 2.47 bits per heavy atom. The van der Waals surface area contributed by atoms with Crippen molar-refractivity contribution >= 4 is 24.8 Å². The molecule has 4 nitrogen and oxygen atoms in total. The van der Waals surface area contributed by atoms with Gasteiger partial charge in [-0.05, 0) is 24.9 Å². The van der Waals surface area contributed by atoms with Gasteiger partial charge >= 0.3 is 0 Å². The molecule has 2 atom stereocenters. The van der Waals surface area contributed by atoms with E-state index in [-0.39, 0.29) is 24.8 Å². The van der Waals surface area contributed by atoms with Crippen LogP contribution in [0.4, 0.5) is 0 Å². The average Bonchev–Trinajstić information content (AvgIpc) is 2.81. The van der Waals surface area contributed by atoms with E-state index in [1.165, 1.54) is 31.7 Å². The van der Waals surface area contributed by atoms with Crippen LogP contribution in [0.25, 0.3) is 0 Å². The first kappa shape index (κ1) is 14.8. The first-order chi connectivity index (χ1) is 7.31. The number of nitrogens with zero attached hydrogens (tertiary/aromatic N) is 3. The molecule has 0 aliphatic carbocycles. The number of likely N-dealkylation sites (tertiary alicyclic amines) is 1. The Hall–Kier alpha value is -0.290. The monoisotopic (exact) mass is 278 g/mol. The third kappa shape index (κ3) is 3.13. The Balaban J connectivity index is 0.000000722. The molecule has 0 aromatic carbocycles. The summed E-state index contributed by atoms with van der Waals surface area (Å²) in [4.78, 5) is 2.56. The number of hydrogen-bond acceptors (Lipinski definition) is 3. The number of nitrogens with one attached hydrogen (secondary N) is 1. The van der Waals surface area contributed by atoms with Gasteiger partial charge in [-0.15, -0.1) is 24.8 Å². The predicted molar refractivity (Wildman–Crippen MR) is 72.8 cm³/mol. The van der Waals surface area contributed by atoms with E-state index in [9.17, 15) is 0 Å². The molecule has 0 bridgehead atoms. The summed E-state index contributed by atoms with van der Waals surface area (Å²) in [5.74, 6) is 1.78. The first-order valence-corrected chi connectivity index (χ1v) is 5.72. The summed E-state index contributed by atoms with van der Waals surface area (Å²) in [6.45, 7) is 6.02. The van der Waals surface area contributed by atoms with Crippen LogP contribution in [-0.4, -0.2) is 40.9 Å². The molecule has 1 aromatic heterocycles. The normalized spacial score (nSPS) is 27.4. The molecule has 3 heterocycles. The van der Waals surface area contributed by atoms with Gasteiger partial charge < -0.3 is 5.32 Å². The lowest BCUT2D eigenvalue weighted by atomic mass is 10.0. The lowest BCUT2D eigenvalue weighted by molar-refractivity contribution is 0.305. The third-order valence-electron chi connectivity index (χ3n) is 3.63. The molecule has 0 amide bonds. The maximum Gasteiger partial charge on any atom is 0.0534 e. The van der Waals surface area contributed by atoms with Crippen LogP contribution < -0.4 is 5.32 Å². The predicted octanol–water partition coefficient (Wildman–Crippen LogP) is 0.915. The lowest BCUT2D eigenvalue weighted by Crippen LogP contribution is -2.25. The summed E-state index contributed by atoms with van der Waals surface area (Å²) >= 11 is 0. The standard InChI is InChI=1S/C11H18N4.2ClH/c1-14-5-9(2-13-14)6-15-7-10-3-12-4-11(10)8-15;;/h2,5,10-12H,3-4,6-8H2,1H3;2*1H/t10-,11+;;. The van der Waals surface area contributed by atoms with E-state index in [1.54, 1.807) is 0 Å². The van der Waals surface area contributed by atoms with Crippen LogP contribution in [0.5, 0.6) is 0 Å². The summed E-state index contributed by atoms with van der Waals surface area (Å²) in [6, 6.07) is 0. The highest BCUT2D eigenvalue weighted by molar-refractivity contribution is 5.85. The molecule has 3 rings (SSSR count). The van der Waals surface area contributed by atoms with Gasteiger partial charge in [0.25, 0.3) is 0 Å². The molecule has 0 saturated carbocycles. The summed E-state index contributed by atoms with van der Waals surface area (Å²) < 4.78 is 1.88. The fourth-order valence-electron chi connectivity index (χ4n) is 2.89. The molecule has 0 spiro atoms. The van der Waals surface area contributed by atoms with Crippen molar-refractivity contribution in [1.82, 2.24) is 20.0 Å². The smallest absolute Gasteiger partial charge is 0.0534 e. The van der Waals surface area contributed by atoms with Crippen molar-refractivity contribution in [1.29, 1.82) is 0 Å². The molecule has 6 heteroatoms. The largest absolute Gasteiger partial charge is 0.316 e. The van der Waals surface area contributed by atoms with Crippen molar-refractivity contribution in [2.24, 2.45) is 18.9 Å². The van der Waals surface area contributed by atoms with Crippen LogP contribution in [-0.2, 0) is 13.6 Å². The highest BCUT2D eigenvalue weighted by Crippen LogP contribution is 2.27. The van der Waals surface area contributed by atoms with Crippen LogP contribution in [0.3, 0.4) is 0 Å². The van der Waals surface area contributed by atoms with Crippen molar-refractivity contribution in [3.63, 3.8) is 0 Å². The highest BCUT2D eigenvalue weighted by Gasteiger charge is 2.35. The number of aromatic nitrogens is 2. The minimum Gasteiger partial charge on any atom is -0.316 e. The Morgan fingerprint density at radius 2 is 1.94 bits per heavy atom. The maximum atomic E-state index is 4.21. The molecular weight excluding hydrogens is 259 g/mol. The zero-order valence-electron chi connectivity index (χ0n) is 10.0. The van der Waals surface area contributed by atoms with Crippen LogP contribution in [0, 0.1) is 11.8 Å². The average molecular weight is 279 g/mol. The van der Waals surface area contributed by atoms with E-state index in [1.807, 2.05) is 17.9 Å². The van der Waals surface area contributed by atoms with Gasteiger partial charge in [0, 0.05) is 38.4 Å². The van der Waals surface area contributed by atoms with Crippen LogP contribution in [0.2, 0.25) is 0 Å². The van der Waals surface area contributed by atoms with Crippen LogP contribution in [0.15, 0.2) is 12.4 Å². The van der Waals surface area contributed by atoms with Crippen molar-refractivity contribution in [3.8, 4) is 0 Å². The molecule has 1 N–H and O–H groups in total. The molecule has 2 saturated heterocycles. The second kappa shape index (κ2) is 6.05. The molecule has 98 valence electrons.